The number of para-hydroxylation sites is 1. The number of hydrogen-bond acceptors (Lipinski definition) is 4. The van der Waals surface area contributed by atoms with Crippen molar-refractivity contribution in [3.8, 4) is 5.75 Å². The van der Waals surface area contributed by atoms with Gasteiger partial charge in [-0.1, -0.05) is 6.07 Å². The fourth-order valence-corrected chi connectivity index (χ4v) is 1.84. The molecule has 7 heteroatoms. The van der Waals surface area contributed by atoms with Gasteiger partial charge in [0.2, 0.25) is 0 Å². The topological polar surface area (TPSA) is 105 Å². The van der Waals surface area contributed by atoms with Gasteiger partial charge in [-0.05, 0) is 12.1 Å². The number of urea groups is 1. The Bertz CT molecular complexity index is 556. The molecule has 7 nitrogen and oxygen atoms in total. The third kappa shape index (κ3) is 3.25. The number of ketones is 1. The zero-order valence-corrected chi connectivity index (χ0v) is 10.6. The lowest BCUT2D eigenvalue weighted by Gasteiger charge is -2.19. The van der Waals surface area contributed by atoms with E-state index in [1.807, 2.05) is 0 Å². The van der Waals surface area contributed by atoms with Gasteiger partial charge in [0.1, 0.15) is 0 Å². The molecule has 1 aliphatic rings. The SMILES string of the molecule is O=C(O)CCNC(=O)Nc1cccc2c1OCCC2=O. The molecule has 2 rings (SSSR count). The third-order valence-corrected chi connectivity index (χ3v) is 2.76. The third-order valence-electron chi connectivity index (χ3n) is 2.76. The summed E-state index contributed by atoms with van der Waals surface area (Å²) in [5.74, 6) is -0.658. The fraction of sp³-hybridized carbons (Fsp3) is 0.308. The number of carbonyl (C=O) groups excluding carboxylic acids is 2. The van der Waals surface area contributed by atoms with Crippen molar-refractivity contribution in [2.45, 2.75) is 12.8 Å². The molecule has 0 radical (unpaired) electrons. The molecule has 1 aromatic carbocycles. The van der Waals surface area contributed by atoms with Gasteiger partial charge in [0.25, 0.3) is 0 Å². The highest BCUT2D eigenvalue weighted by Crippen LogP contribution is 2.32. The maximum atomic E-state index is 11.7. The Morgan fingerprint density at radius 3 is 2.90 bits per heavy atom. The molecule has 3 N–H and O–H groups in total. The van der Waals surface area contributed by atoms with Gasteiger partial charge in [-0.2, -0.15) is 0 Å². The molecule has 0 spiro atoms. The van der Waals surface area contributed by atoms with Crippen molar-refractivity contribution in [1.82, 2.24) is 5.32 Å². The monoisotopic (exact) mass is 278 g/mol. The molecule has 2 amide bonds. The summed E-state index contributed by atoms with van der Waals surface area (Å²) in [5.41, 5.74) is 0.836. The van der Waals surface area contributed by atoms with Gasteiger partial charge in [0.05, 0.1) is 24.3 Å². The number of carboxylic acids is 1. The highest BCUT2D eigenvalue weighted by Gasteiger charge is 2.21. The number of carbonyl (C=O) groups is 3. The van der Waals surface area contributed by atoms with Crippen molar-refractivity contribution in [1.29, 1.82) is 0 Å². The first-order valence-corrected chi connectivity index (χ1v) is 6.13. The van der Waals surface area contributed by atoms with Crippen LogP contribution in [0, 0.1) is 0 Å². The van der Waals surface area contributed by atoms with Crippen LogP contribution < -0.4 is 15.4 Å². The van der Waals surface area contributed by atoms with E-state index in [1.165, 1.54) is 0 Å². The molecule has 0 saturated carbocycles. The van der Waals surface area contributed by atoms with Crippen molar-refractivity contribution in [2.24, 2.45) is 0 Å². The summed E-state index contributed by atoms with van der Waals surface area (Å²) in [7, 11) is 0. The lowest BCUT2D eigenvalue weighted by Crippen LogP contribution is -2.31. The van der Waals surface area contributed by atoms with E-state index in [0.29, 0.717) is 23.4 Å². The second kappa shape index (κ2) is 6.05. The van der Waals surface area contributed by atoms with Crippen molar-refractivity contribution >= 4 is 23.5 Å². The Morgan fingerprint density at radius 2 is 2.15 bits per heavy atom. The van der Waals surface area contributed by atoms with Gasteiger partial charge in [-0.3, -0.25) is 9.59 Å². The van der Waals surface area contributed by atoms with Crippen LogP contribution in [0.4, 0.5) is 10.5 Å². The number of anilines is 1. The first kappa shape index (κ1) is 13.9. The zero-order chi connectivity index (χ0) is 14.5. The minimum absolute atomic E-state index is 0.0238. The highest BCUT2D eigenvalue weighted by atomic mass is 16.5. The fourth-order valence-electron chi connectivity index (χ4n) is 1.84. The van der Waals surface area contributed by atoms with Gasteiger partial charge >= 0.3 is 12.0 Å². The predicted molar refractivity (Wildman–Crippen MR) is 70.2 cm³/mol. The van der Waals surface area contributed by atoms with E-state index in [9.17, 15) is 14.4 Å². The summed E-state index contributed by atoms with van der Waals surface area (Å²) in [4.78, 5) is 33.6. The average Bonchev–Trinajstić information content (AvgIpc) is 2.39. The van der Waals surface area contributed by atoms with Crippen LogP contribution in [0.5, 0.6) is 5.75 Å². The highest BCUT2D eigenvalue weighted by molar-refractivity contribution is 6.03. The largest absolute Gasteiger partial charge is 0.490 e. The standard InChI is InChI=1S/C13H14N2O5/c16-10-5-7-20-12-8(10)2-1-3-9(12)15-13(19)14-6-4-11(17)18/h1-3H,4-7H2,(H,17,18)(H2,14,15,19). The number of Topliss-reactive ketones (excluding diaryl/α,β-unsaturated/α-hetero) is 1. The van der Waals surface area contributed by atoms with Crippen LogP contribution in [-0.4, -0.2) is 36.0 Å². The molecule has 1 heterocycles. The van der Waals surface area contributed by atoms with Crippen molar-refractivity contribution < 1.29 is 24.2 Å². The Morgan fingerprint density at radius 1 is 1.35 bits per heavy atom. The van der Waals surface area contributed by atoms with Crippen molar-refractivity contribution in [2.75, 3.05) is 18.5 Å². The molecular formula is C13H14N2O5. The summed E-state index contributed by atoms with van der Waals surface area (Å²) in [6.45, 7) is 0.307. The van der Waals surface area contributed by atoms with Crippen molar-refractivity contribution in [3.05, 3.63) is 23.8 Å². The first-order valence-electron chi connectivity index (χ1n) is 6.13. The van der Waals surface area contributed by atoms with E-state index >= 15 is 0 Å². The number of hydrogen-bond donors (Lipinski definition) is 3. The van der Waals surface area contributed by atoms with Crippen LogP contribution in [0.1, 0.15) is 23.2 Å². The number of nitrogens with one attached hydrogen (secondary N) is 2. The number of carboxylic acid groups (broad SMARTS) is 1. The second-order valence-electron chi connectivity index (χ2n) is 4.23. The molecule has 1 aromatic rings. The molecule has 1 aliphatic heterocycles. The molecule has 0 aromatic heterocycles. The van der Waals surface area contributed by atoms with Crippen molar-refractivity contribution in [3.63, 3.8) is 0 Å². The van der Waals surface area contributed by atoms with Gasteiger partial charge in [0, 0.05) is 13.0 Å². The van der Waals surface area contributed by atoms with Crippen LogP contribution in [0.2, 0.25) is 0 Å². The van der Waals surface area contributed by atoms with Gasteiger partial charge in [-0.25, -0.2) is 4.79 Å². The smallest absolute Gasteiger partial charge is 0.319 e. The minimum Gasteiger partial charge on any atom is -0.490 e. The summed E-state index contributed by atoms with van der Waals surface area (Å²) in [5, 5.41) is 13.4. The number of rotatable bonds is 4. The summed E-state index contributed by atoms with van der Waals surface area (Å²) in [6, 6.07) is 4.37. The Kier molecular flexibility index (Phi) is 4.19. The molecule has 0 atom stereocenters. The molecule has 20 heavy (non-hydrogen) atoms. The number of amides is 2. The lowest BCUT2D eigenvalue weighted by molar-refractivity contribution is -0.136. The zero-order valence-electron chi connectivity index (χ0n) is 10.6. The quantitative estimate of drug-likeness (QED) is 0.768. The van der Waals surface area contributed by atoms with Crippen LogP contribution >= 0.6 is 0 Å². The molecule has 0 fully saturated rings. The first-order chi connectivity index (χ1) is 9.58. The molecule has 0 saturated heterocycles. The minimum atomic E-state index is -0.990. The lowest BCUT2D eigenvalue weighted by atomic mass is 10.0. The van der Waals surface area contributed by atoms with E-state index in [-0.39, 0.29) is 25.4 Å². The maximum Gasteiger partial charge on any atom is 0.319 e. The Balaban J connectivity index is 2.03. The van der Waals surface area contributed by atoms with Crippen LogP contribution in [-0.2, 0) is 4.79 Å². The van der Waals surface area contributed by atoms with Gasteiger partial charge < -0.3 is 20.5 Å². The molecule has 106 valence electrons. The number of aliphatic carboxylic acids is 1. The summed E-state index contributed by atoms with van der Waals surface area (Å²) >= 11 is 0. The van der Waals surface area contributed by atoms with Crippen LogP contribution in [0.25, 0.3) is 0 Å². The number of ether oxygens (including phenoxy) is 1. The average molecular weight is 278 g/mol. The van der Waals surface area contributed by atoms with E-state index < -0.39 is 12.0 Å². The van der Waals surface area contributed by atoms with E-state index in [1.54, 1.807) is 18.2 Å². The maximum absolute atomic E-state index is 11.7. The Hall–Kier alpha value is -2.57. The number of fused-ring (bicyclic) bond motifs is 1. The number of benzene rings is 1. The predicted octanol–water partition coefficient (Wildman–Crippen LogP) is 1.25. The van der Waals surface area contributed by atoms with Gasteiger partial charge in [-0.15, -0.1) is 0 Å². The normalized spacial score (nSPS) is 13.1. The summed E-state index contributed by atoms with van der Waals surface area (Å²) in [6.07, 6.45) is 0.163. The second-order valence-corrected chi connectivity index (χ2v) is 4.23. The van der Waals surface area contributed by atoms with E-state index in [4.69, 9.17) is 9.84 Å². The van der Waals surface area contributed by atoms with Crippen LogP contribution in [0.3, 0.4) is 0 Å². The van der Waals surface area contributed by atoms with Crippen LogP contribution in [0.15, 0.2) is 18.2 Å². The molecule has 0 unspecified atom stereocenters. The van der Waals surface area contributed by atoms with E-state index in [0.717, 1.165) is 0 Å². The molecule has 0 aliphatic carbocycles. The Labute approximate surface area is 114 Å². The van der Waals surface area contributed by atoms with E-state index in [2.05, 4.69) is 10.6 Å². The van der Waals surface area contributed by atoms with Gasteiger partial charge in [0.15, 0.2) is 11.5 Å². The molecular weight excluding hydrogens is 264 g/mol. The summed E-state index contributed by atoms with van der Waals surface area (Å²) < 4.78 is 5.41. The molecule has 0 bridgehead atoms.